The number of benzene rings is 1. The third-order valence-electron chi connectivity index (χ3n) is 3.19. The Balaban J connectivity index is 2.54. The van der Waals surface area contributed by atoms with Gasteiger partial charge in [0, 0.05) is 6.54 Å². The molecule has 19 heavy (non-hydrogen) atoms. The van der Waals surface area contributed by atoms with E-state index < -0.39 is 0 Å². The third kappa shape index (κ3) is 5.65. The Bertz CT molecular complexity index is 379. The molecular weight excluding hydrogens is 234 g/mol. The monoisotopic (exact) mass is 263 g/mol. The zero-order valence-corrected chi connectivity index (χ0v) is 13.2. The minimum atomic E-state index is 0.124. The van der Waals surface area contributed by atoms with Gasteiger partial charge in [-0.05, 0) is 42.5 Å². The molecule has 0 atom stereocenters. The molecular formula is C17H29NO. The molecule has 1 N–H and O–H groups in total. The lowest BCUT2D eigenvalue weighted by atomic mass is 9.86. The number of unbranched alkanes of at least 4 members (excludes halogenated alkanes) is 1. The predicted molar refractivity (Wildman–Crippen MR) is 83.2 cm³/mol. The van der Waals surface area contributed by atoms with Gasteiger partial charge in [-0.2, -0.15) is 0 Å². The molecule has 0 saturated carbocycles. The maximum absolute atomic E-state index is 5.96. The highest BCUT2D eigenvalue weighted by molar-refractivity contribution is 5.41. The van der Waals surface area contributed by atoms with Crippen LogP contribution in [0.4, 0.5) is 0 Å². The molecule has 0 aliphatic carbocycles. The summed E-state index contributed by atoms with van der Waals surface area (Å²) < 4.78 is 5.96. The van der Waals surface area contributed by atoms with E-state index in [1.165, 1.54) is 24.0 Å². The third-order valence-corrected chi connectivity index (χ3v) is 3.19. The highest BCUT2D eigenvalue weighted by atomic mass is 16.5. The maximum Gasteiger partial charge on any atom is 0.123 e. The van der Waals surface area contributed by atoms with Crippen molar-refractivity contribution in [3.8, 4) is 5.75 Å². The molecule has 0 radical (unpaired) electrons. The lowest BCUT2D eigenvalue weighted by molar-refractivity contribution is 0.305. The van der Waals surface area contributed by atoms with Gasteiger partial charge in [-0.3, -0.25) is 0 Å². The summed E-state index contributed by atoms with van der Waals surface area (Å²) in [6.45, 7) is 13.7. The first-order valence-corrected chi connectivity index (χ1v) is 7.40. The lowest BCUT2D eigenvalue weighted by Gasteiger charge is -2.23. The van der Waals surface area contributed by atoms with Crippen LogP contribution in [0.3, 0.4) is 0 Å². The Kier molecular flexibility index (Phi) is 6.36. The molecule has 0 saturated heterocycles. The van der Waals surface area contributed by atoms with Crippen LogP contribution in [0.5, 0.6) is 5.75 Å². The number of aryl methyl sites for hydroxylation is 1. The first kappa shape index (κ1) is 16.0. The van der Waals surface area contributed by atoms with Crippen LogP contribution < -0.4 is 10.1 Å². The number of hydrogen-bond donors (Lipinski definition) is 1. The van der Waals surface area contributed by atoms with E-state index in [9.17, 15) is 0 Å². The van der Waals surface area contributed by atoms with Crippen LogP contribution in [0, 0.1) is 6.92 Å². The maximum atomic E-state index is 5.96. The standard InChI is InChI=1S/C17H29NO/c1-6-7-10-18-11-12-19-16-13-14(2)8-9-15(16)17(3,4)5/h8-9,13,18H,6-7,10-12H2,1-5H3. The van der Waals surface area contributed by atoms with E-state index in [1.807, 2.05) is 0 Å². The smallest absolute Gasteiger partial charge is 0.123 e. The van der Waals surface area contributed by atoms with Crippen molar-refractivity contribution in [3.63, 3.8) is 0 Å². The van der Waals surface area contributed by atoms with Crippen molar-refractivity contribution in [3.05, 3.63) is 29.3 Å². The second-order valence-corrected chi connectivity index (χ2v) is 6.20. The molecule has 0 unspecified atom stereocenters. The van der Waals surface area contributed by atoms with E-state index in [2.05, 4.69) is 58.1 Å². The topological polar surface area (TPSA) is 21.3 Å². The minimum Gasteiger partial charge on any atom is -0.492 e. The molecule has 0 amide bonds. The largest absolute Gasteiger partial charge is 0.492 e. The molecule has 2 nitrogen and oxygen atoms in total. The Hall–Kier alpha value is -1.02. The van der Waals surface area contributed by atoms with Crippen molar-refractivity contribution in [2.45, 2.75) is 52.9 Å². The zero-order valence-electron chi connectivity index (χ0n) is 13.2. The zero-order chi connectivity index (χ0) is 14.3. The predicted octanol–water partition coefficient (Wildman–Crippen LogP) is 4.06. The van der Waals surface area contributed by atoms with Crippen molar-refractivity contribution in [2.75, 3.05) is 19.7 Å². The van der Waals surface area contributed by atoms with Crippen LogP contribution in [0.15, 0.2) is 18.2 Å². The van der Waals surface area contributed by atoms with Gasteiger partial charge in [0.1, 0.15) is 12.4 Å². The van der Waals surface area contributed by atoms with Crippen molar-refractivity contribution >= 4 is 0 Å². The van der Waals surface area contributed by atoms with E-state index in [0.29, 0.717) is 0 Å². The highest BCUT2D eigenvalue weighted by Crippen LogP contribution is 2.31. The molecule has 1 aromatic rings. The van der Waals surface area contributed by atoms with Crippen LogP contribution in [-0.4, -0.2) is 19.7 Å². The fourth-order valence-corrected chi connectivity index (χ4v) is 2.03. The Morgan fingerprint density at radius 1 is 1.16 bits per heavy atom. The number of ether oxygens (including phenoxy) is 1. The van der Waals surface area contributed by atoms with Crippen molar-refractivity contribution in [2.24, 2.45) is 0 Å². The van der Waals surface area contributed by atoms with Gasteiger partial charge in [0.05, 0.1) is 0 Å². The van der Waals surface area contributed by atoms with Crippen LogP contribution >= 0.6 is 0 Å². The molecule has 0 aliphatic rings. The Morgan fingerprint density at radius 3 is 2.53 bits per heavy atom. The summed E-state index contributed by atoms with van der Waals surface area (Å²) >= 11 is 0. The first-order valence-electron chi connectivity index (χ1n) is 7.40. The summed E-state index contributed by atoms with van der Waals surface area (Å²) in [5.74, 6) is 1.03. The molecule has 0 spiro atoms. The summed E-state index contributed by atoms with van der Waals surface area (Å²) in [6, 6.07) is 6.49. The average Bonchev–Trinajstić information content (AvgIpc) is 2.32. The first-order chi connectivity index (χ1) is 8.95. The quantitative estimate of drug-likeness (QED) is 0.749. The van der Waals surface area contributed by atoms with Crippen molar-refractivity contribution < 1.29 is 4.74 Å². The molecule has 0 aromatic heterocycles. The number of rotatable bonds is 7. The fraction of sp³-hybridized carbons (Fsp3) is 0.647. The van der Waals surface area contributed by atoms with Gasteiger partial charge >= 0.3 is 0 Å². The van der Waals surface area contributed by atoms with E-state index in [1.54, 1.807) is 0 Å². The normalized spacial score (nSPS) is 11.6. The summed E-state index contributed by atoms with van der Waals surface area (Å²) in [6.07, 6.45) is 2.47. The highest BCUT2D eigenvalue weighted by Gasteiger charge is 2.18. The molecule has 0 fully saturated rings. The molecule has 1 rings (SSSR count). The van der Waals surface area contributed by atoms with Gasteiger partial charge in [-0.1, -0.05) is 46.2 Å². The van der Waals surface area contributed by atoms with Gasteiger partial charge in [-0.25, -0.2) is 0 Å². The molecule has 0 bridgehead atoms. The summed E-state index contributed by atoms with van der Waals surface area (Å²) in [5.41, 5.74) is 2.66. The van der Waals surface area contributed by atoms with Gasteiger partial charge in [0.25, 0.3) is 0 Å². The van der Waals surface area contributed by atoms with Gasteiger partial charge < -0.3 is 10.1 Å². The molecule has 0 aliphatic heterocycles. The Morgan fingerprint density at radius 2 is 1.89 bits per heavy atom. The summed E-state index contributed by atoms with van der Waals surface area (Å²) in [5, 5.41) is 3.40. The van der Waals surface area contributed by atoms with E-state index >= 15 is 0 Å². The average molecular weight is 263 g/mol. The van der Waals surface area contributed by atoms with Gasteiger partial charge in [0.2, 0.25) is 0 Å². The minimum absolute atomic E-state index is 0.124. The second kappa shape index (κ2) is 7.54. The fourth-order valence-electron chi connectivity index (χ4n) is 2.03. The molecule has 2 heteroatoms. The van der Waals surface area contributed by atoms with E-state index in [4.69, 9.17) is 4.74 Å². The van der Waals surface area contributed by atoms with E-state index in [-0.39, 0.29) is 5.41 Å². The van der Waals surface area contributed by atoms with E-state index in [0.717, 1.165) is 25.4 Å². The second-order valence-electron chi connectivity index (χ2n) is 6.20. The number of nitrogens with one attached hydrogen (secondary N) is 1. The summed E-state index contributed by atoms with van der Waals surface area (Å²) in [4.78, 5) is 0. The molecule has 1 aromatic carbocycles. The van der Waals surface area contributed by atoms with Crippen LogP contribution in [0.1, 0.15) is 51.7 Å². The van der Waals surface area contributed by atoms with Gasteiger partial charge in [0.15, 0.2) is 0 Å². The van der Waals surface area contributed by atoms with Gasteiger partial charge in [-0.15, -0.1) is 0 Å². The van der Waals surface area contributed by atoms with Crippen LogP contribution in [-0.2, 0) is 5.41 Å². The SMILES string of the molecule is CCCCNCCOc1cc(C)ccc1C(C)(C)C. The lowest BCUT2D eigenvalue weighted by Crippen LogP contribution is -2.23. The Labute approximate surface area is 118 Å². The molecule has 108 valence electrons. The van der Waals surface area contributed by atoms with Crippen LogP contribution in [0.25, 0.3) is 0 Å². The van der Waals surface area contributed by atoms with Crippen LogP contribution in [0.2, 0.25) is 0 Å². The van der Waals surface area contributed by atoms with Crippen molar-refractivity contribution in [1.82, 2.24) is 5.32 Å². The van der Waals surface area contributed by atoms with Crippen molar-refractivity contribution in [1.29, 1.82) is 0 Å². The summed E-state index contributed by atoms with van der Waals surface area (Å²) in [7, 11) is 0. The molecule has 0 heterocycles. The number of hydrogen-bond acceptors (Lipinski definition) is 2.